The van der Waals surface area contributed by atoms with E-state index in [1.807, 2.05) is 36.4 Å². The first kappa shape index (κ1) is 9.03. The molecule has 1 aliphatic carbocycles. The van der Waals surface area contributed by atoms with Gasteiger partial charge in [-0.05, 0) is 18.1 Å². The van der Waals surface area contributed by atoms with Crippen molar-refractivity contribution in [3.05, 3.63) is 48.1 Å². The van der Waals surface area contributed by atoms with Gasteiger partial charge in [-0.2, -0.15) is 0 Å². The largest absolute Gasteiger partial charge is 0.398 e. The van der Waals surface area contributed by atoms with Crippen molar-refractivity contribution in [2.45, 2.75) is 12.5 Å². The van der Waals surface area contributed by atoms with Crippen LogP contribution < -0.4 is 11.5 Å². The van der Waals surface area contributed by atoms with Gasteiger partial charge < -0.3 is 11.5 Å². The normalized spacial score (nSPS) is 20.6. The lowest BCUT2D eigenvalue weighted by molar-refractivity contribution is 0.845. The average Bonchev–Trinajstić information content (AvgIpc) is 2.20. The van der Waals surface area contributed by atoms with Crippen molar-refractivity contribution in [2.24, 2.45) is 5.73 Å². The van der Waals surface area contributed by atoms with Crippen LogP contribution in [0.1, 0.15) is 12.0 Å². The van der Waals surface area contributed by atoms with Crippen molar-refractivity contribution >= 4 is 11.3 Å². The highest BCUT2D eigenvalue weighted by Crippen LogP contribution is 2.26. The van der Waals surface area contributed by atoms with Gasteiger partial charge in [0.1, 0.15) is 0 Å². The van der Waals surface area contributed by atoms with Crippen LogP contribution in [0.3, 0.4) is 0 Å². The minimum Gasteiger partial charge on any atom is -0.398 e. The van der Waals surface area contributed by atoms with E-state index in [1.165, 1.54) is 0 Å². The molecule has 2 rings (SSSR count). The third-order valence-corrected chi connectivity index (χ3v) is 2.47. The van der Waals surface area contributed by atoms with Gasteiger partial charge in [-0.3, -0.25) is 0 Å². The Morgan fingerprint density at radius 3 is 2.71 bits per heavy atom. The maximum Gasteiger partial charge on any atom is 0.0391 e. The molecule has 0 bridgehead atoms. The zero-order valence-electron chi connectivity index (χ0n) is 7.98. The molecule has 0 fully saturated rings. The third-order valence-electron chi connectivity index (χ3n) is 2.47. The zero-order chi connectivity index (χ0) is 9.97. The van der Waals surface area contributed by atoms with E-state index in [0.29, 0.717) is 0 Å². The highest BCUT2D eigenvalue weighted by atomic mass is 14.6. The van der Waals surface area contributed by atoms with Crippen molar-refractivity contribution in [3.63, 3.8) is 0 Å². The molecule has 0 heterocycles. The summed E-state index contributed by atoms with van der Waals surface area (Å²) < 4.78 is 0. The fourth-order valence-corrected chi connectivity index (χ4v) is 1.70. The zero-order valence-corrected chi connectivity index (χ0v) is 7.98. The van der Waals surface area contributed by atoms with Gasteiger partial charge in [0.25, 0.3) is 0 Å². The first-order valence-electron chi connectivity index (χ1n) is 4.76. The second-order valence-corrected chi connectivity index (χ2v) is 3.48. The van der Waals surface area contributed by atoms with Crippen LogP contribution in [0.15, 0.2) is 42.5 Å². The van der Waals surface area contributed by atoms with Gasteiger partial charge in [-0.25, -0.2) is 0 Å². The molecule has 2 heteroatoms. The van der Waals surface area contributed by atoms with Crippen LogP contribution >= 0.6 is 0 Å². The number of para-hydroxylation sites is 1. The maximum absolute atomic E-state index is 6.00. The summed E-state index contributed by atoms with van der Waals surface area (Å²) in [7, 11) is 0. The van der Waals surface area contributed by atoms with E-state index in [4.69, 9.17) is 11.5 Å². The summed E-state index contributed by atoms with van der Waals surface area (Å²) in [6.07, 6.45) is 7.04. The summed E-state index contributed by atoms with van der Waals surface area (Å²) in [5.41, 5.74) is 14.9. The Labute approximate surface area is 83.9 Å². The monoisotopic (exact) mass is 186 g/mol. The van der Waals surface area contributed by atoms with Crippen LogP contribution in [-0.2, 0) is 0 Å². The van der Waals surface area contributed by atoms with Crippen LogP contribution in [0.25, 0.3) is 5.57 Å². The Morgan fingerprint density at radius 1 is 1.21 bits per heavy atom. The van der Waals surface area contributed by atoms with Crippen LogP contribution in [0.2, 0.25) is 0 Å². The fraction of sp³-hybridized carbons (Fsp3) is 0.167. The number of benzene rings is 1. The van der Waals surface area contributed by atoms with E-state index in [-0.39, 0.29) is 6.04 Å². The predicted octanol–water partition coefficient (Wildman–Crippen LogP) is 1.94. The van der Waals surface area contributed by atoms with E-state index in [0.717, 1.165) is 23.2 Å². The Bertz CT molecular complexity index is 391. The summed E-state index contributed by atoms with van der Waals surface area (Å²) in [5, 5.41) is 0. The lowest BCUT2D eigenvalue weighted by Crippen LogP contribution is -2.22. The van der Waals surface area contributed by atoms with Gasteiger partial charge in [-0.15, -0.1) is 0 Å². The molecule has 0 aromatic heterocycles. The van der Waals surface area contributed by atoms with Gasteiger partial charge in [0.15, 0.2) is 0 Å². The quantitative estimate of drug-likeness (QED) is 0.658. The molecule has 4 N–H and O–H groups in total. The van der Waals surface area contributed by atoms with E-state index in [9.17, 15) is 0 Å². The topological polar surface area (TPSA) is 52.0 Å². The summed E-state index contributed by atoms with van der Waals surface area (Å²) in [5.74, 6) is 0. The lowest BCUT2D eigenvalue weighted by atomic mass is 9.92. The summed E-state index contributed by atoms with van der Waals surface area (Å²) in [6.45, 7) is 0. The summed E-state index contributed by atoms with van der Waals surface area (Å²) in [4.78, 5) is 0. The molecule has 1 atom stereocenters. The molecule has 2 nitrogen and oxygen atoms in total. The molecule has 0 saturated carbocycles. The van der Waals surface area contributed by atoms with Crippen molar-refractivity contribution in [1.29, 1.82) is 0 Å². The molecule has 1 unspecified atom stereocenters. The van der Waals surface area contributed by atoms with E-state index >= 15 is 0 Å². The van der Waals surface area contributed by atoms with Gasteiger partial charge in [0, 0.05) is 17.3 Å². The van der Waals surface area contributed by atoms with E-state index in [2.05, 4.69) is 6.08 Å². The van der Waals surface area contributed by atoms with Gasteiger partial charge >= 0.3 is 0 Å². The van der Waals surface area contributed by atoms with Gasteiger partial charge in [0.2, 0.25) is 0 Å². The Morgan fingerprint density at radius 2 is 2.00 bits per heavy atom. The lowest BCUT2D eigenvalue weighted by Gasteiger charge is -2.18. The molecule has 1 aromatic carbocycles. The molecular weight excluding hydrogens is 172 g/mol. The van der Waals surface area contributed by atoms with Crippen molar-refractivity contribution in [3.8, 4) is 0 Å². The molecule has 72 valence electrons. The molecule has 14 heavy (non-hydrogen) atoms. The minimum absolute atomic E-state index is 0.0738. The predicted molar refractivity (Wildman–Crippen MR) is 60.6 cm³/mol. The van der Waals surface area contributed by atoms with E-state index in [1.54, 1.807) is 0 Å². The van der Waals surface area contributed by atoms with Crippen LogP contribution in [0.5, 0.6) is 0 Å². The van der Waals surface area contributed by atoms with Crippen LogP contribution in [0, 0.1) is 0 Å². The Balaban J connectivity index is 2.44. The minimum atomic E-state index is 0.0738. The smallest absolute Gasteiger partial charge is 0.0391 e. The molecule has 0 radical (unpaired) electrons. The summed E-state index contributed by atoms with van der Waals surface area (Å²) in [6, 6.07) is 7.91. The highest BCUT2D eigenvalue weighted by Gasteiger charge is 2.13. The van der Waals surface area contributed by atoms with Crippen molar-refractivity contribution in [2.75, 3.05) is 5.73 Å². The van der Waals surface area contributed by atoms with Crippen LogP contribution in [-0.4, -0.2) is 6.04 Å². The molecular formula is C12H14N2. The second kappa shape index (κ2) is 3.68. The number of rotatable bonds is 1. The van der Waals surface area contributed by atoms with Crippen LogP contribution in [0.4, 0.5) is 5.69 Å². The molecule has 0 amide bonds. The number of hydrogen-bond acceptors (Lipinski definition) is 2. The highest BCUT2D eigenvalue weighted by molar-refractivity contribution is 5.79. The van der Waals surface area contributed by atoms with Gasteiger partial charge in [-0.1, -0.05) is 36.4 Å². The number of anilines is 1. The number of nitrogens with two attached hydrogens (primary N) is 2. The maximum atomic E-state index is 6.00. The fourth-order valence-electron chi connectivity index (χ4n) is 1.70. The number of nitrogen functional groups attached to an aromatic ring is 1. The van der Waals surface area contributed by atoms with E-state index < -0.39 is 0 Å². The number of hydrogen-bond donors (Lipinski definition) is 2. The average molecular weight is 186 g/mol. The Kier molecular flexibility index (Phi) is 2.37. The summed E-state index contributed by atoms with van der Waals surface area (Å²) >= 11 is 0. The van der Waals surface area contributed by atoms with Gasteiger partial charge in [0.05, 0.1) is 0 Å². The second-order valence-electron chi connectivity index (χ2n) is 3.48. The molecule has 0 saturated heterocycles. The first-order chi connectivity index (χ1) is 6.79. The standard InChI is InChI=1S/C12H14N2/c13-11-7-3-1-5-9(11)10-6-2-4-8-12(10)14/h1-7,12H,8,13-14H2. The Hall–Kier alpha value is -1.54. The molecule has 0 spiro atoms. The van der Waals surface area contributed by atoms with Crippen molar-refractivity contribution in [1.82, 2.24) is 0 Å². The molecule has 1 aliphatic rings. The van der Waals surface area contributed by atoms with Crippen molar-refractivity contribution < 1.29 is 0 Å². The molecule has 0 aliphatic heterocycles. The number of allylic oxidation sites excluding steroid dienone is 2. The third kappa shape index (κ3) is 1.56. The SMILES string of the molecule is Nc1ccccc1C1=CC=CCC1N. The first-order valence-corrected chi connectivity index (χ1v) is 4.76. The molecule has 1 aromatic rings.